The average molecular weight is 379 g/mol. The number of nitrogens with zero attached hydrogens (tertiary/aromatic N) is 2. The van der Waals surface area contributed by atoms with Gasteiger partial charge >= 0.3 is 37.9 Å². The Bertz CT molecular complexity index is 145. The van der Waals surface area contributed by atoms with Crippen LogP contribution in [0.3, 0.4) is 0 Å². The van der Waals surface area contributed by atoms with Crippen molar-refractivity contribution in [3.05, 3.63) is 9.96 Å². The van der Waals surface area contributed by atoms with Crippen molar-refractivity contribution in [1.29, 1.82) is 0 Å². The normalized spacial score (nSPS) is 11.5. The Labute approximate surface area is 122 Å². The van der Waals surface area contributed by atoms with Crippen LogP contribution in [0.2, 0.25) is 39.3 Å². The maximum absolute atomic E-state index is 4.93. The van der Waals surface area contributed by atoms with Gasteiger partial charge in [0.15, 0.2) is 0 Å². The van der Waals surface area contributed by atoms with Gasteiger partial charge in [0.25, 0.3) is 0 Å². The fourth-order valence-electron chi connectivity index (χ4n) is 0.900. The van der Waals surface area contributed by atoms with E-state index in [1.54, 1.807) is 0 Å². The van der Waals surface area contributed by atoms with Crippen LogP contribution in [0.4, 0.5) is 0 Å². The summed E-state index contributed by atoms with van der Waals surface area (Å²) < 4.78 is 0. The molecule has 0 aliphatic carbocycles. The van der Waals surface area contributed by atoms with Crippen LogP contribution in [0.1, 0.15) is 6.42 Å². The number of rotatable bonds is 6. The first-order chi connectivity index (χ1) is 7.12. The van der Waals surface area contributed by atoms with Gasteiger partial charge in [0.1, 0.15) is 0 Å². The maximum atomic E-state index is 4.93. The van der Waals surface area contributed by atoms with Gasteiger partial charge in [-0.3, -0.25) is 0 Å². The van der Waals surface area contributed by atoms with Crippen molar-refractivity contribution >= 4 is 33.5 Å². The zero-order valence-corrected chi connectivity index (χ0v) is 17.2. The van der Waals surface area contributed by atoms with Crippen molar-refractivity contribution in [2.75, 3.05) is 13.1 Å². The van der Waals surface area contributed by atoms with Gasteiger partial charge in [0.05, 0.1) is 0 Å². The van der Waals surface area contributed by atoms with Crippen molar-refractivity contribution in [3.63, 3.8) is 0 Å². The fraction of sp³-hybridized carbons (Fsp3) is 1.00. The molecule has 0 unspecified atom stereocenters. The Morgan fingerprint density at radius 3 is 1.25 bits per heavy atom. The molecule has 0 aromatic rings. The molecule has 0 aromatic heterocycles. The van der Waals surface area contributed by atoms with Gasteiger partial charge in [-0.25, -0.2) is 0 Å². The van der Waals surface area contributed by atoms with E-state index in [1.807, 2.05) is 0 Å². The molecule has 0 saturated heterocycles. The molecule has 96 valence electrons. The van der Waals surface area contributed by atoms with Crippen molar-refractivity contribution in [1.82, 2.24) is 0 Å². The van der Waals surface area contributed by atoms with Gasteiger partial charge in [0.2, 0.25) is 0 Å². The van der Waals surface area contributed by atoms with Crippen molar-refractivity contribution in [2.24, 2.45) is 0 Å². The van der Waals surface area contributed by atoms with Gasteiger partial charge in [0, 0.05) is 0 Å². The number of hydrogen-bond acceptors (Lipinski definition) is 0. The van der Waals surface area contributed by atoms with E-state index in [-0.39, 0.29) is 0 Å². The first-order valence-electron chi connectivity index (χ1n) is 5.46. The molecule has 0 heterocycles. The molecule has 0 atom stereocenters. The Kier molecular flexibility index (Phi) is 13.5. The molecule has 0 N–H and O–H groups in total. The van der Waals surface area contributed by atoms with Crippen LogP contribution < -0.4 is 0 Å². The SMILES string of the molecule is C[Si](C)(C)[N-]CCC[N-][Si](C)(C)C.[Cl][Zr+2][Cl]. The second-order valence-corrected chi connectivity index (χ2v) is 18.6. The second-order valence-electron chi connectivity index (χ2n) is 5.53. The monoisotopic (exact) mass is 376 g/mol. The predicted molar refractivity (Wildman–Crippen MR) is 79.5 cm³/mol. The molecule has 0 aromatic carbocycles. The third-order valence-corrected chi connectivity index (χ3v) is 3.83. The molecule has 0 bridgehead atoms. The van der Waals surface area contributed by atoms with E-state index in [1.165, 1.54) is 0 Å². The minimum absolute atomic E-state index is 0.826. The Hall–Kier alpha value is 1.82. The van der Waals surface area contributed by atoms with Crippen molar-refractivity contribution in [2.45, 2.75) is 45.7 Å². The molecule has 0 saturated carbocycles. The first kappa shape index (κ1) is 20.1. The summed E-state index contributed by atoms with van der Waals surface area (Å²) in [5.74, 6) is 0. The number of halogens is 2. The molecular formula is C9H24Cl2N2Si2Zr. The molecule has 0 aliphatic heterocycles. The zero-order chi connectivity index (χ0) is 13.2. The van der Waals surface area contributed by atoms with Crippen LogP contribution in [0.25, 0.3) is 9.96 Å². The van der Waals surface area contributed by atoms with Crippen LogP contribution in [0.5, 0.6) is 0 Å². The van der Waals surface area contributed by atoms with Gasteiger partial charge in [-0.05, 0) is 0 Å². The summed E-state index contributed by atoms with van der Waals surface area (Å²) >= 11 is -0.826. The Morgan fingerprint density at radius 2 is 1.06 bits per heavy atom. The average Bonchev–Trinajstić information content (AvgIpc) is 2.00. The van der Waals surface area contributed by atoms with E-state index >= 15 is 0 Å². The van der Waals surface area contributed by atoms with Gasteiger partial charge in [-0.15, -0.1) is 0 Å². The molecule has 0 fully saturated rings. The molecule has 0 amide bonds. The zero-order valence-electron chi connectivity index (χ0n) is 11.3. The van der Waals surface area contributed by atoms with Gasteiger partial charge in [-0.2, -0.15) is 13.1 Å². The van der Waals surface area contributed by atoms with E-state index in [0.717, 1.165) is 19.5 Å². The minimum atomic E-state index is -1.16. The standard InChI is InChI=1S/C9H24N2Si2.2ClH.Zr/c1-12(2,3)10-8-7-9-11-13(4,5)6;;;/h7-9H2,1-6H3;2*1H;/q-2;;;+4/p-2. The Balaban J connectivity index is 0. The summed E-state index contributed by atoms with van der Waals surface area (Å²) in [7, 11) is 7.55. The van der Waals surface area contributed by atoms with E-state index in [9.17, 15) is 0 Å². The van der Waals surface area contributed by atoms with Crippen LogP contribution in [0.15, 0.2) is 0 Å². The van der Waals surface area contributed by atoms with E-state index < -0.39 is 37.3 Å². The second kappa shape index (κ2) is 10.7. The third-order valence-electron chi connectivity index (χ3n) is 1.49. The molecule has 7 heteroatoms. The molecular weight excluding hydrogens is 354 g/mol. The fourth-order valence-corrected chi connectivity index (χ4v) is 2.56. The molecule has 0 aliphatic rings. The topological polar surface area (TPSA) is 28.2 Å². The summed E-state index contributed by atoms with van der Waals surface area (Å²) in [6, 6.07) is 0. The third kappa shape index (κ3) is 24.9. The summed E-state index contributed by atoms with van der Waals surface area (Å²) in [6.45, 7) is 15.7. The Morgan fingerprint density at radius 1 is 0.812 bits per heavy atom. The number of hydrogen-bond donors (Lipinski definition) is 0. The molecule has 16 heavy (non-hydrogen) atoms. The first-order valence-corrected chi connectivity index (χ1v) is 18.7. The summed E-state index contributed by atoms with van der Waals surface area (Å²) in [5, 5.41) is 0. The van der Waals surface area contributed by atoms with Gasteiger partial charge < -0.3 is 9.96 Å². The quantitative estimate of drug-likeness (QED) is 0.450. The summed E-state index contributed by atoms with van der Waals surface area (Å²) in [4.78, 5) is 9.34. The van der Waals surface area contributed by atoms with Crippen LogP contribution in [-0.4, -0.2) is 29.6 Å². The molecule has 0 spiro atoms. The summed E-state index contributed by atoms with van der Waals surface area (Å²) in [5.41, 5.74) is 0. The van der Waals surface area contributed by atoms with E-state index in [4.69, 9.17) is 17.0 Å². The molecule has 0 radical (unpaired) electrons. The summed E-state index contributed by atoms with van der Waals surface area (Å²) in [6.07, 6.45) is 1.15. The van der Waals surface area contributed by atoms with E-state index in [0.29, 0.717) is 0 Å². The van der Waals surface area contributed by atoms with Crippen LogP contribution in [-0.2, 0) is 20.8 Å². The van der Waals surface area contributed by atoms with E-state index in [2.05, 4.69) is 49.2 Å². The van der Waals surface area contributed by atoms with Crippen molar-refractivity contribution in [3.8, 4) is 0 Å². The van der Waals surface area contributed by atoms with Gasteiger partial charge in [-0.1, -0.05) is 62.2 Å². The van der Waals surface area contributed by atoms with Crippen LogP contribution in [0, 0.1) is 0 Å². The van der Waals surface area contributed by atoms with Crippen LogP contribution >= 0.6 is 17.0 Å². The molecule has 0 rings (SSSR count). The van der Waals surface area contributed by atoms with Crippen molar-refractivity contribution < 1.29 is 20.8 Å². The molecule has 2 nitrogen and oxygen atoms in total. The predicted octanol–water partition coefficient (Wildman–Crippen LogP) is 5.17.